The number of carbonyl (C=O) groups is 1. The Morgan fingerprint density at radius 2 is 2.05 bits per heavy atom. The van der Waals surface area contributed by atoms with E-state index in [1.54, 1.807) is 25.3 Å². The summed E-state index contributed by atoms with van der Waals surface area (Å²) in [7, 11) is 1.64. The van der Waals surface area contributed by atoms with Crippen LogP contribution in [0, 0.1) is 5.82 Å². The van der Waals surface area contributed by atoms with Crippen LogP contribution in [0.25, 0.3) is 0 Å². The fourth-order valence-electron chi connectivity index (χ4n) is 1.63. The normalized spacial score (nSPS) is 10.4. The first kappa shape index (κ1) is 15.6. The van der Waals surface area contributed by atoms with Crippen LogP contribution < -0.4 is 10.6 Å². The first-order chi connectivity index (χ1) is 9.24. The van der Waals surface area contributed by atoms with Crippen LogP contribution in [0.3, 0.4) is 0 Å². The quantitative estimate of drug-likeness (QED) is 0.660. The van der Waals surface area contributed by atoms with Crippen molar-refractivity contribution in [2.75, 3.05) is 33.4 Å². The molecular formula is C14H21FN2O2. The minimum atomic E-state index is -0.224. The second-order valence-electron chi connectivity index (χ2n) is 4.18. The number of hydrogen-bond acceptors (Lipinski definition) is 3. The number of amides is 1. The van der Waals surface area contributed by atoms with Crippen LogP contribution in [0.2, 0.25) is 0 Å². The van der Waals surface area contributed by atoms with Gasteiger partial charge in [-0.05, 0) is 18.1 Å². The van der Waals surface area contributed by atoms with E-state index in [9.17, 15) is 9.18 Å². The van der Waals surface area contributed by atoms with E-state index in [0.29, 0.717) is 38.1 Å². The van der Waals surface area contributed by atoms with Gasteiger partial charge in [-0.2, -0.15) is 0 Å². The molecule has 1 rings (SSSR count). The fraction of sp³-hybridized carbons (Fsp3) is 0.500. The molecule has 2 N–H and O–H groups in total. The molecule has 1 aromatic rings. The van der Waals surface area contributed by atoms with E-state index in [0.717, 1.165) is 6.54 Å². The van der Waals surface area contributed by atoms with Gasteiger partial charge in [0.2, 0.25) is 5.91 Å². The highest BCUT2D eigenvalue weighted by molar-refractivity contribution is 5.76. The third kappa shape index (κ3) is 6.88. The van der Waals surface area contributed by atoms with Crippen LogP contribution >= 0.6 is 0 Å². The molecule has 1 aromatic carbocycles. The Morgan fingerprint density at radius 3 is 2.79 bits per heavy atom. The largest absolute Gasteiger partial charge is 0.383 e. The zero-order valence-corrected chi connectivity index (χ0v) is 11.2. The van der Waals surface area contributed by atoms with Crippen LogP contribution in [0.4, 0.5) is 4.39 Å². The molecule has 0 spiro atoms. The fourth-order valence-corrected chi connectivity index (χ4v) is 1.63. The molecule has 0 radical (unpaired) electrons. The topological polar surface area (TPSA) is 50.4 Å². The summed E-state index contributed by atoms with van der Waals surface area (Å²) in [4.78, 5) is 11.5. The zero-order valence-electron chi connectivity index (χ0n) is 11.2. The van der Waals surface area contributed by atoms with E-state index < -0.39 is 0 Å². The molecule has 19 heavy (non-hydrogen) atoms. The third-order valence-corrected chi connectivity index (χ3v) is 2.69. The van der Waals surface area contributed by atoms with Crippen molar-refractivity contribution in [2.24, 2.45) is 0 Å². The van der Waals surface area contributed by atoms with Gasteiger partial charge >= 0.3 is 0 Å². The number of nitrogens with one attached hydrogen (secondary N) is 2. The molecule has 0 saturated heterocycles. The van der Waals surface area contributed by atoms with E-state index in [2.05, 4.69) is 10.6 Å². The standard InChI is InChI=1S/C14H21FN2O2/c1-19-11-10-16-8-7-14(18)17-9-6-12-4-2-3-5-13(12)15/h2-5,16H,6-11H2,1H3,(H,17,18). The SMILES string of the molecule is COCCNCCC(=O)NCCc1ccccc1F. The predicted octanol–water partition coefficient (Wildman–Crippen LogP) is 1.11. The summed E-state index contributed by atoms with van der Waals surface area (Å²) < 4.78 is 18.2. The van der Waals surface area contributed by atoms with Gasteiger partial charge < -0.3 is 15.4 Å². The average molecular weight is 268 g/mol. The lowest BCUT2D eigenvalue weighted by molar-refractivity contribution is -0.120. The van der Waals surface area contributed by atoms with Gasteiger partial charge in [-0.25, -0.2) is 4.39 Å². The van der Waals surface area contributed by atoms with Crippen molar-refractivity contribution in [1.82, 2.24) is 10.6 Å². The lowest BCUT2D eigenvalue weighted by Gasteiger charge is -2.07. The highest BCUT2D eigenvalue weighted by atomic mass is 19.1. The number of methoxy groups -OCH3 is 1. The molecule has 0 atom stereocenters. The number of carbonyl (C=O) groups excluding carboxylic acids is 1. The molecule has 5 heteroatoms. The predicted molar refractivity (Wildman–Crippen MR) is 72.5 cm³/mol. The van der Waals surface area contributed by atoms with Crippen LogP contribution in [0.5, 0.6) is 0 Å². The maximum absolute atomic E-state index is 13.3. The van der Waals surface area contributed by atoms with Gasteiger partial charge in [0.25, 0.3) is 0 Å². The van der Waals surface area contributed by atoms with Crippen molar-refractivity contribution >= 4 is 5.91 Å². The summed E-state index contributed by atoms with van der Waals surface area (Å²) in [5.41, 5.74) is 0.626. The number of rotatable bonds is 9. The second-order valence-corrected chi connectivity index (χ2v) is 4.18. The average Bonchev–Trinajstić information content (AvgIpc) is 2.41. The van der Waals surface area contributed by atoms with Gasteiger partial charge in [-0.3, -0.25) is 4.79 Å². The number of halogens is 1. The third-order valence-electron chi connectivity index (χ3n) is 2.69. The van der Waals surface area contributed by atoms with E-state index in [1.165, 1.54) is 6.07 Å². The van der Waals surface area contributed by atoms with Gasteiger partial charge in [0, 0.05) is 33.2 Å². The zero-order chi connectivity index (χ0) is 13.9. The van der Waals surface area contributed by atoms with Crippen molar-refractivity contribution in [3.63, 3.8) is 0 Å². The van der Waals surface area contributed by atoms with E-state index in [4.69, 9.17) is 4.74 Å². The van der Waals surface area contributed by atoms with Crippen molar-refractivity contribution in [2.45, 2.75) is 12.8 Å². The summed E-state index contributed by atoms with van der Waals surface area (Å²) in [6.07, 6.45) is 0.927. The van der Waals surface area contributed by atoms with Crippen LogP contribution in [-0.4, -0.2) is 39.3 Å². The highest BCUT2D eigenvalue weighted by Gasteiger charge is 2.03. The molecule has 0 saturated carbocycles. The number of hydrogen-bond donors (Lipinski definition) is 2. The number of benzene rings is 1. The Bertz CT molecular complexity index is 385. The molecule has 0 aliphatic rings. The maximum Gasteiger partial charge on any atom is 0.221 e. The molecule has 0 unspecified atom stereocenters. The van der Waals surface area contributed by atoms with Crippen LogP contribution in [0.15, 0.2) is 24.3 Å². The Balaban J connectivity index is 2.09. The summed E-state index contributed by atoms with van der Waals surface area (Å²) in [5.74, 6) is -0.251. The van der Waals surface area contributed by atoms with Crippen LogP contribution in [0.1, 0.15) is 12.0 Å². The Hall–Kier alpha value is -1.46. The lowest BCUT2D eigenvalue weighted by Crippen LogP contribution is -2.30. The van der Waals surface area contributed by atoms with Gasteiger partial charge in [0.1, 0.15) is 5.82 Å². The van der Waals surface area contributed by atoms with E-state index in [-0.39, 0.29) is 11.7 Å². The molecule has 0 heterocycles. The lowest BCUT2D eigenvalue weighted by atomic mass is 10.1. The van der Waals surface area contributed by atoms with Crippen molar-refractivity contribution in [1.29, 1.82) is 0 Å². The smallest absolute Gasteiger partial charge is 0.221 e. The minimum absolute atomic E-state index is 0.0266. The summed E-state index contributed by atoms with van der Waals surface area (Å²) in [6, 6.07) is 6.60. The van der Waals surface area contributed by atoms with Crippen molar-refractivity contribution in [3.05, 3.63) is 35.6 Å². The Labute approximate surface area is 113 Å². The summed E-state index contributed by atoms with van der Waals surface area (Å²) in [6.45, 7) is 2.45. The van der Waals surface area contributed by atoms with Crippen molar-refractivity contribution < 1.29 is 13.9 Å². The Kier molecular flexibility index (Phi) is 7.77. The van der Waals surface area contributed by atoms with Gasteiger partial charge in [0.15, 0.2) is 0 Å². The van der Waals surface area contributed by atoms with E-state index in [1.807, 2.05) is 0 Å². The summed E-state index contributed by atoms with van der Waals surface area (Å²) in [5, 5.41) is 5.86. The van der Waals surface area contributed by atoms with Gasteiger partial charge in [-0.15, -0.1) is 0 Å². The molecule has 0 aliphatic carbocycles. The molecule has 0 bridgehead atoms. The molecule has 0 fully saturated rings. The van der Waals surface area contributed by atoms with Crippen molar-refractivity contribution in [3.8, 4) is 0 Å². The molecule has 0 aliphatic heterocycles. The van der Waals surface area contributed by atoms with Gasteiger partial charge in [-0.1, -0.05) is 18.2 Å². The monoisotopic (exact) mass is 268 g/mol. The highest BCUT2D eigenvalue weighted by Crippen LogP contribution is 2.05. The minimum Gasteiger partial charge on any atom is -0.383 e. The molecule has 106 valence electrons. The second kappa shape index (κ2) is 9.47. The van der Waals surface area contributed by atoms with Crippen LogP contribution in [-0.2, 0) is 16.0 Å². The first-order valence-electron chi connectivity index (χ1n) is 6.44. The summed E-state index contributed by atoms with van der Waals surface area (Å²) >= 11 is 0. The molecular weight excluding hydrogens is 247 g/mol. The molecule has 4 nitrogen and oxygen atoms in total. The molecule has 0 aromatic heterocycles. The van der Waals surface area contributed by atoms with E-state index >= 15 is 0 Å². The first-order valence-corrected chi connectivity index (χ1v) is 6.44. The maximum atomic E-state index is 13.3. The number of ether oxygens (including phenoxy) is 1. The van der Waals surface area contributed by atoms with Gasteiger partial charge in [0.05, 0.1) is 6.61 Å². The Morgan fingerprint density at radius 1 is 1.26 bits per heavy atom. The molecule has 1 amide bonds.